The Morgan fingerprint density at radius 2 is 2.11 bits per heavy atom. The zero-order valence-electron chi connectivity index (χ0n) is 11.0. The molecule has 106 valence electrons. The number of halogens is 1. The second kappa shape index (κ2) is 5.48. The summed E-state index contributed by atoms with van der Waals surface area (Å²) in [7, 11) is 0. The predicted molar refractivity (Wildman–Crippen MR) is 69.9 cm³/mol. The van der Waals surface area contributed by atoms with Crippen molar-refractivity contribution < 1.29 is 15.0 Å². The molecule has 2 atom stereocenters. The smallest absolute Gasteiger partial charge is 0.244 e. The molecule has 7 heteroatoms. The van der Waals surface area contributed by atoms with Gasteiger partial charge in [0.05, 0.1) is 28.6 Å². The van der Waals surface area contributed by atoms with Crippen LogP contribution >= 0.6 is 11.6 Å². The van der Waals surface area contributed by atoms with E-state index in [0.717, 1.165) is 5.69 Å². The van der Waals surface area contributed by atoms with E-state index in [0.29, 0.717) is 23.7 Å². The molecule has 2 heterocycles. The summed E-state index contributed by atoms with van der Waals surface area (Å²) in [6.07, 6.45) is -1.22. The molecule has 0 aliphatic carbocycles. The van der Waals surface area contributed by atoms with Crippen LogP contribution < -0.4 is 0 Å². The van der Waals surface area contributed by atoms with Gasteiger partial charge in [-0.15, -0.1) is 0 Å². The standard InChI is InChI=1S/C12H18ClN3O3/c1-7-12(13)8(2)16(14-7)6-11(19)15-4-3-9(17)10(18)5-15/h9-10,17-18H,3-6H2,1-2H3/t9-,10-/m0/s1. The number of aliphatic hydroxyl groups excluding tert-OH is 2. The number of carbonyl (C=O) groups is 1. The van der Waals surface area contributed by atoms with E-state index in [4.69, 9.17) is 11.6 Å². The molecule has 0 radical (unpaired) electrons. The summed E-state index contributed by atoms with van der Waals surface area (Å²) < 4.78 is 1.57. The monoisotopic (exact) mass is 287 g/mol. The highest BCUT2D eigenvalue weighted by Crippen LogP contribution is 2.19. The number of piperidine rings is 1. The van der Waals surface area contributed by atoms with Gasteiger partial charge >= 0.3 is 0 Å². The predicted octanol–water partition coefficient (Wildman–Crippen LogP) is 0.107. The number of carbonyl (C=O) groups excluding carboxylic acids is 1. The Morgan fingerprint density at radius 3 is 2.63 bits per heavy atom. The SMILES string of the molecule is Cc1nn(CC(=O)N2CC[C@H](O)[C@@H](O)C2)c(C)c1Cl. The van der Waals surface area contributed by atoms with Gasteiger partial charge in [0.15, 0.2) is 0 Å². The summed E-state index contributed by atoms with van der Waals surface area (Å²) in [6, 6.07) is 0. The number of aromatic nitrogens is 2. The average molecular weight is 288 g/mol. The molecule has 2 N–H and O–H groups in total. The van der Waals surface area contributed by atoms with E-state index in [1.165, 1.54) is 0 Å². The quantitative estimate of drug-likeness (QED) is 0.809. The van der Waals surface area contributed by atoms with Gasteiger partial charge in [0, 0.05) is 13.1 Å². The van der Waals surface area contributed by atoms with Crippen LogP contribution in [-0.2, 0) is 11.3 Å². The van der Waals surface area contributed by atoms with Crippen LogP contribution in [0.4, 0.5) is 0 Å². The van der Waals surface area contributed by atoms with Gasteiger partial charge in [-0.1, -0.05) is 11.6 Å². The molecule has 0 spiro atoms. The number of hydrogen-bond acceptors (Lipinski definition) is 4. The Morgan fingerprint density at radius 1 is 1.42 bits per heavy atom. The number of nitrogens with zero attached hydrogens (tertiary/aromatic N) is 3. The summed E-state index contributed by atoms with van der Waals surface area (Å²) in [4.78, 5) is 13.7. The van der Waals surface area contributed by atoms with Crippen LogP contribution in [0.15, 0.2) is 0 Å². The molecule has 1 aromatic heterocycles. The van der Waals surface area contributed by atoms with Crippen molar-refractivity contribution in [3.8, 4) is 0 Å². The fraction of sp³-hybridized carbons (Fsp3) is 0.667. The van der Waals surface area contributed by atoms with Crippen molar-refractivity contribution in [3.63, 3.8) is 0 Å². The summed E-state index contributed by atoms with van der Waals surface area (Å²) >= 11 is 6.03. The van der Waals surface area contributed by atoms with Crippen LogP contribution in [0.3, 0.4) is 0 Å². The minimum Gasteiger partial charge on any atom is -0.390 e. The number of aryl methyl sites for hydroxylation is 1. The maximum atomic E-state index is 12.1. The molecule has 1 aromatic rings. The lowest BCUT2D eigenvalue weighted by atomic mass is 10.1. The Labute approximate surface area is 116 Å². The molecule has 1 aliphatic rings. The first-order chi connectivity index (χ1) is 8.90. The third-order valence-corrected chi connectivity index (χ3v) is 4.02. The first-order valence-corrected chi connectivity index (χ1v) is 6.61. The summed E-state index contributed by atoms with van der Waals surface area (Å²) in [5, 5.41) is 23.8. The van der Waals surface area contributed by atoms with Gasteiger partial charge in [-0.3, -0.25) is 9.48 Å². The van der Waals surface area contributed by atoms with Gasteiger partial charge in [0.2, 0.25) is 5.91 Å². The van der Waals surface area contributed by atoms with Crippen molar-refractivity contribution in [1.29, 1.82) is 0 Å². The Balaban J connectivity index is 2.03. The fourth-order valence-electron chi connectivity index (χ4n) is 2.20. The molecule has 0 bridgehead atoms. The van der Waals surface area contributed by atoms with Crippen molar-refractivity contribution in [3.05, 3.63) is 16.4 Å². The number of likely N-dealkylation sites (tertiary alicyclic amines) is 1. The highest BCUT2D eigenvalue weighted by atomic mass is 35.5. The lowest BCUT2D eigenvalue weighted by Gasteiger charge is -2.33. The van der Waals surface area contributed by atoms with Crippen molar-refractivity contribution in [1.82, 2.24) is 14.7 Å². The zero-order chi connectivity index (χ0) is 14.2. The molecule has 1 saturated heterocycles. The lowest BCUT2D eigenvalue weighted by molar-refractivity contribution is -0.138. The molecule has 1 fully saturated rings. The van der Waals surface area contributed by atoms with E-state index in [1.807, 2.05) is 6.92 Å². The van der Waals surface area contributed by atoms with Gasteiger partial charge in [0.25, 0.3) is 0 Å². The number of rotatable bonds is 2. The number of amides is 1. The van der Waals surface area contributed by atoms with Gasteiger partial charge in [-0.05, 0) is 20.3 Å². The minimum atomic E-state index is -0.873. The number of β-amino-alcohol motifs (C(OH)–C–C–N with tert-alkyl or cyclic N) is 1. The minimum absolute atomic E-state index is 0.0994. The van der Waals surface area contributed by atoms with Crippen LogP contribution in [0.1, 0.15) is 17.8 Å². The van der Waals surface area contributed by atoms with E-state index < -0.39 is 12.2 Å². The summed E-state index contributed by atoms with van der Waals surface area (Å²) in [6.45, 7) is 4.31. The van der Waals surface area contributed by atoms with Crippen molar-refractivity contribution in [2.24, 2.45) is 0 Å². The first kappa shape index (κ1) is 14.3. The first-order valence-electron chi connectivity index (χ1n) is 6.23. The molecule has 0 saturated carbocycles. The molecular formula is C12H18ClN3O3. The molecule has 0 aromatic carbocycles. The second-order valence-electron chi connectivity index (χ2n) is 4.91. The number of aliphatic hydroxyl groups is 2. The van der Waals surface area contributed by atoms with Crippen LogP contribution in [0.2, 0.25) is 5.02 Å². The van der Waals surface area contributed by atoms with Crippen LogP contribution in [0, 0.1) is 13.8 Å². The maximum absolute atomic E-state index is 12.1. The Bertz CT molecular complexity index is 489. The normalized spacial score (nSPS) is 23.7. The van der Waals surface area contributed by atoms with E-state index in [-0.39, 0.29) is 19.0 Å². The van der Waals surface area contributed by atoms with E-state index in [2.05, 4.69) is 5.10 Å². The largest absolute Gasteiger partial charge is 0.390 e. The van der Waals surface area contributed by atoms with Crippen molar-refractivity contribution in [2.45, 2.75) is 39.0 Å². The highest BCUT2D eigenvalue weighted by molar-refractivity contribution is 6.31. The average Bonchev–Trinajstić information content (AvgIpc) is 2.60. The molecule has 2 rings (SSSR count). The molecule has 0 unspecified atom stereocenters. The van der Waals surface area contributed by atoms with E-state index in [1.54, 1.807) is 16.5 Å². The molecule has 1 aliphatic heterocycles. The third-order valence-electron chi connectivity index (χ3n) is 3.48. The van der Waals surface area contributed by atoms with Crippen LogP contribution in [0.25, 0.3) is 0 Å². The third kappa shape index (κ3) is 2.91. The summed E-state index contributed by atoms with van der Waals surface area (Å²) in [5.41, 5.74) is 1.45. The van der Waals surface area contributed by atoms with Crippen LogP contribution in [-0.4, -0.2) is 56.1 Å². The van der Waals surface area contributed by atoms with Crippen molar-refractivity contribution >= 4 is 17.5 Å². The lowest BCUT2D eigenvalue weighted by Crippen LogP contribution is -2.49. The molecule has 19 heavy (non-hydrogen) atoms. The Hall–Kier alpha value is -1.11. The topological polar surface area (TPSA) is 78.6 Å². The van der Waals surface area contributed by atoms with Gasteiger partial charge < -0.3 is 15.1 Å². The Kier molecular flexibility index (Phi) is 4.13. The van der Waals surface area contributed by atoms with Crippen molar-refractivity contribution in [2.75, 3.05) is 13.1 Å². The van der Waals surface area contributed by atoms with Gasteiger partial charge in [-0.2, -0.15) is 5.10 Å². The van der Waals surface area contributed by atoms with Gasteiger partial charge in [0.1, 0.15) is 6.54 Å². The highest BCUT2D eigenvalue weighted by Gasteiger charge is 2.29. The fourth-order valence-corrected chi connectivity index (χ4v) is 2.34. The van der Waals surface area contributed by atoms with E-state index in [9.17, 15) is 15.0 Å². The molecular weight excluding hydrogens is 270 g/mol. The van der Waals surface area contributed by atoms with Gasteiger partial charge in [-0.25, -0.2) is 0 Å². The molecule has 6 nitrogen and oxygen atoms in total. The van der Waals surface area contributed by atoms with Crippen LogP contribution in [0.5, 0.6) is 0 Å². The zero-order valence-corrected chi connectivity index (χ0v) is 11.8. The maximum Gasteiger partial charge on any atom is 0.244 e. The summed E-state index contributed by atoms with van der Waals surface area (Å²) in [5.74, 6) is -0.131. The number of hydrogen-bond donors (Lipinski definition) is 2. The molecule has 1 amide bonds. The second-order valence-corrected chi connectivity index (χ2v) is 5.28. The van der Waals surface area contributed by atoms with E-state index >= 15 is 0 Å².